The molecular formula is C18H10F4N4O2. The van der Waals surface area contributed by atoms with E-state index in [0.717, 1.165) is 12.1 Å². The third kappa shape index (κ3) is 3.61. The first-order valence-corrected chi connectivity index (χ1v) is 7.98. The summed E-state index contributed by atoms with van der Waals surface area (Å²) in [6.07, 6.45) is -4.35. The van der Waals surface area contributed by atoms with Crippen LogP contribution in [0.2, 0.25) is 0 Å². The lowest BCUT2D eigenvalue weighted by molar-refractivity contribution is -0.137. The molecule has 2 aromatic carbocycles. The van der Waals surface area contributed by atoms with Crippen molar-refractivity contribution in [3.8, 4) is 11.6 Å². The fraction of sp³-hybridized carbons (Fsp3) is 0.111. The largest absolute Gasteiger partial charge is 0.434 e. The average molecular weight is 390 g/mol. The van der Waals surface area contributed by atoms with Crippen molar-refractivity contribution in [3.05, 3.63) is 71.2 Å². The number of hydrogen-bond acceptors (Lipinski definition) is 6. The Bertz CT molecular complexity index is 1130. The maximum absolute atomic E-state index is 13.9. The predicted octanol–water partition coefficient (Wildman–Crippen LogP) is 4.55. The van der Waals surface area contributed by atoms with Crippen molar-refractivity contribution in [3.63, 3.8) is 0 Å². The van der Waals surface area contributed by atoms with Crippen LogP contribution in [0.3, 0.4) is 0 Å². The maximum atomic E-state index is 13.9. The summed E-state index contributed by atoms with van der Waals surface area (Å²) < 4.78 is 62.2. The summed E-state index contributed by atoms with van der Waals surface area (Å²) in [5, 5.41) is 7.17. The molecule has 6 nitrogen and oxygen atoms in total. The molecule has 0 radical (unpaired) electrons. The summed E-state index contributed by atoms with van der Waals surface area (Å²) in [6, 6.07) is 10.3. The fourth-order valence-corrected chi connectivity index (χ4v) is 2.49. The number of hydrogen-bond donors (Lipinski definition) is 0. The van der Waals surface area contributed by atoms with E-state index < -0.39 is 17.6 Å². The molecule has 10 heteroatoms. The number of fused-ring (bicyclic) bond motifs is 1. The predicted molar refractivity (Wildman–Crippen MR) is 88.1 cm³/mol. The summed E-state index contributed by atoms with van der Waals surface area (Å²) in [5.74, 6) is -0.738. The van der Waals surface area contributed by atoms with Crippen LogP contribution < -0.4 is 4.74 Å². The van der Waals surface area contributed by atoms with Gasteiger partial charge in [0.25, 0.3) is 0 Å². The molecule has 0 aliphatic rings. The normalized spacial score (nSPS) is 11.7. The average Bonchev–Trinajstić information content (AvgIpc) is 3.11. The highest BCUT2D eigenvalue weighted by molar-refractivity contribution is 5.64. The Labute approximate surface area is 154 Å². The van der Waals surface area contributed by atoms with Crippen molar-refractivity contribution in [2.75, 3.05) is 0 Å². The molecule has 0 atom stereocenters. The highest BCUT2D eigenvalue weighted by atomic mass is 19.4. The van der Waals surface area contributed by atoms with Crippen LogP contribution in [-0.4, -0.2) is 20.3 Å². The highest BCUT2D eigenvalue weighted by Gasteiger charge is 2.30. The zero-order chi connectivity index (χ0) is 19.7. The molecule has 0 unspecified atom stereocenters. The van der Waals surface area contributed by atoms with Crippen LogP contribution in [-0.2, 0) is 12.6 Å². The van der Waals surface area contributed by atoms with Crippen LogP contribution in [0.15, 0.2) is 53.2 Å². The number of halogens is 4. The molecule has 0 saturated heterocycles. The second-order valence-electron chi connectivity index (χ2n) is 5.79. The number of benzene rings is 2. The van der Waals surface area contributed by atoms with Crippen LogP contribution >= 0.6 is 0 Å². The number of nitrogens with zero attached hydrogens (tertiary/aromatic N) is 4. The van der Waals surface area contributed by atoms with E-state index in [4.69, 9.17) is 4.74 Å². The SMILES string of the molecule is Fc1ccccc1Oc1nc2nonc2nc1Cc1ccc(C(F)(F)F)cc1. The second-order valence-corrected chi connectivity index (χ2v) is 5.79. The van der Waals surface area contributed by atoms with Gasteiger partial charge in [-0.15, -0.1) is 0 Å². The number of alkyl halides is 3. The maximum Gasteiger partial charge on any atom is 0.416 e. The van der Waals surface area contributed by atoms with Crippen molar-refractivity contribution in [1.82, 2.24) is 20.3 Å². The van der Waals surface area contributed by atoms with Gasteiger partial charge < -0.3 is 4.74 Å². The number of rotatable bonds is 4. The molecule has 0 bridgehead atoms. The molecule has 2 aromatic heterocycles. The van der Waals surface area contributed by atoms with E-state index in [0.29, 0.717) is 5.56 Å². The Morgan fingerprint density at radius 3 is 2.25 bits per heavy atom. The van der Waals surface area contributed by atoms with Crippen LogP contribution in [0.4, 0.5) is 17.6 Å². The minimum Gasteiger partial charge on any atom is -0.434 e. The third-order valence-electron chi connectivity index (χ3n) is 3.85. The molecule has 0 aliphatic carbocycles. The first-order chi connectivity index (χ1) is 13.4. The van der Waals surface area contributed by atoms with Crippen LogP contribution in [0.1, 0.15) is 16.8 Å². The van der Waals surface area contributed by atoms with Gasteiger partial charge in [0.15, 0.2) is 11.6 Å². The Hall–Kier alpha value is -3.56. The molecule has 2 heterocycles. The molecule has 4 rings (SSSR count). The first-order valence-electron chi connectivity index (χ1n) is 7.98. The molecule has 4 aromatic rings. The Kier molecular flexibility index (Phi) is 4.38. The summed E-state index contributed by atoms with van der Waals surface area (Å²) in [5.41, 5.74) is 0.161. The standard InChI is InChI=1S/C18H10F4N4O2/c19-12-3-1-2-4-14(12)27-17-13(23-15-16(24-17)26-28-25-15)9-10-5-7-11(8-6-10)18(20,21)22/h1-8H,9H2. The Morgan fingerprint density at radius 1 is 0.893 bits per heavy atom. The molecular weight excluding hydrogens is 380 g/mol. The molecule has 0 N–H and O–H groups in total. The Morgan fingerprint density at radius 2 is 1.57 bits per heavy atom. The summed E-state index contributed by atoms with van der Waals surface area (Å²) in [7, 11) is 0. The lowest BCUT2D eigenvalue weighted by atomic mass is 10.1. The van der Waals surface area contributed by atoms with Gasteiger partial charge in [-0.05, 0) is 40.1 Å². The third-order valence-corrected chi connectivity index (χ3v) is 3.85. The van der Waals surface area contributed by atoms with Gasteiger partial charge in [0.1, 0.15) is 5.69 Å². The van der Waals surface area contributed by atoms with E-state index in [1.165, 1.54) is 30.3 Å². The summed E-state index contributed by atoms with van der Waals surface area (Å²) >= 11 is 0. The quantitative estimate of drug-likeness (QED) is 0.476. The summed E-state index contributed by atoms with van der Waals surface area (Å²) in [6.45, 7) is 0. The topological polar surface area (TPSA) is 73.9 Å². The second kappa shape index (κ2) is 6.87. The lowest BCUT2D eigenvalue weighted by Gasteiger charge is -2.10. The van der Waals surface area contributed by atoms with Crippen LogP contribution in [0.25, 0.3) is 11.3 Å². The number of para-hydroxylation sites is 1. The summed E-state index contributed by atoms with van der Waals surface area (Å²) in [4.78, 5) is 8.35. The van der Waals surface area contributed by atoms with Crippen molar-refractivity contribution < 1.29 is 26.9 Å². The van der Waals surface area contributed by atoms with Crippen molar-refractivity contribution in [1.29, 1.82) is 0 Å². The number of ether oxygens (including phenoxy) is 1. The minimum absolute atomic E-state index is 0.0480. The van der Waals surface area contributed by atoms with Gasteiger partial charge in [0.2, 0.25) is 17.2 Å². The minimum atomic E-state index is -4.43. The van der Waals surface area contributed by atoms with Gasteiger partial charge >= 0.3 is 6.18 Å². The Balaban J connectivity index is 1.70. The van der Waals surface area contributed by atoms with Gasteiger partial charge in [-0.25, -0.2) is 14.0 Å². The van der Waals surface area contributed by atoms with Gasteiger partial charge in [0, 0.05) is 6.42 Å². The zero-order valence-electron chi connectivity index (χ0n) is 13.9. The van der Waals surface area contributed by atoms with E-state index >= 15 is 0 Å². The van der Waals surface area contributed by atoms with Gasteiger partial charge in [0.05, 0.1) is 5.56 Å². The van der Waals surface area contributed by atoms with Crippen LogP contribution in [0.5, 0.6) is 11.6 Å². The molecule has 0 fully saturated rings. The van der Waals surface area contributed by atoms with Gasteiger partial charge in [-0.3, -0.25) is 0 Å². The molecule has 0 saturated carbocycles. The molecule has 142 valence electrons. The van der Waals surface area contributed by atoms with E-state index in [1.54, 1.807) is 6.07 Å². The van der Waals surface area contributed by atoms with E-state index in [1.807, 2.05) is 0 Å². The van der Waals surface area contributed by atoms with Crippen molar-refractivity contribution >= 4 is 11.3 Å². The number of aromatic nitrogens is 4. The zero-order valence-corrected chi connectivity index (χ0v) is 13.9. The van der Waals surface area contributed by atoms with E-state index in [9.17, 15) is 17.6 Å². The molecule has 0 aliphatic heterocycles. The smallest absolute Gasteiger partial charge is 0.416 e. The highest BCUT2D eigenvalue weighted by Crippen LogP contribution is 2.31. The molecule has 0 amide bonds. The fourth-order valence-electron chi connectivity index (χ4n) is 2.49. The molecule has 28 heavy (non-hydrogen) atoms. The van der Waals surface area contributed by atoms with Crippen molar-refractivity contribution in [2.45, 2.75) is 12.6 Å². The van der Waals surface area contributed by atoms with Crippen LogP contribution in [0, 0.1) is 5.82 Å². The lowest BCUT2D eigenvalue weighted by Crippen LogP contribution is -2.05. The van der Waals surface area contributed by atoms with Crippen molar-refractivity contribution in [2.24, 2.45) is 0 Å². The van der Waals surface area contributed by atoms with Gasteiger partial charge in [-0.1, -0.05) is 24.3 Å². The molecule has 0 spiro atoms. The van der Waals surface area contributed by atoms with Gasteiger partial charge in [-0.2, -0.15) is 18.2 Å². The monoisotopic (exact) mass is 390 g/mol. The van der Waals surface area contributed by atoms with E-state index in [2.05, 4.69) is 24.9 Å². The first kappa shape index (κ1) is 17.8. The van der Waals surface area contributed by atoms with E-state index in [-0.39, 0.29) is 35.0 Å².